The van der Waals surface area contributed by atoms with Gasteiger partial charge in [0.15, 0.2) is 0 Å². The molecular formula is C17H20FN3O3. The van der Waals surface area contributed by atoms with Crippen molar-refractivity contribution >= 4 is 23.2 Å². The average molecular weight is 333 g/mol. The molecule has 2 N–H and O–H groups in total. The molecule has 24 heavy (non-hydrogen) atoms. The van der Waals surface area contributed by atoms with Gasteiger partial charge < -0.3 is 15.3 Å². The van der Waals surface area contributed by atoms with Crippen molar-refractivity contribution < 1.29 is 19.1 Å². The number of β-amino-alcohol motifs (C(OH)–C–C–N with tert-alkyl or cyclic N) is 1. The lowest BCUT2D eigenvalue weighted by molar-refractivity contribution is -0.137. The van der Waals surface area contributed by atoms with Crippen molar-refractivity contribution in [3.8, 4) is 0 Å². The number of carbonyl (C=O) groups is 2. The van der Waals surface area contributed by atoms with Gasteiger partial charge in [0.25, 0.3) is 11.8 Å². The molecule has 0 unspecified atom stereocenters. The predicted molar refractivity (Wildman–Crippen MR) is 88.0 cm³/mol. The van der Waals surface area contributed by atoms with Crippen molar-refractivity contribution in [3.05, 3.63) is 35.8 Å². The molecule has 1 aromatic rings. The quantitative estimate of drug-likeness (QED) is 0.799. The van der Waals surface area contributed by atoms with Gasteiger partial charge in [-0.15, -0.1) is 0 Å². The molecular weight excluding hydrogens is 313 g/mol. The minimum absolute atomic E-state index is 0.0540. The van der Waals surface area contributed by atoms with Crippen LogP contribution in [0.2, 0.25) is 0 Å². The molecule has 2 aliphatic heterocycles. The molecule has 0 bridgehead atoms. The first-order valence-electron chi connectivity index (χ1n) is 8.10. The van der Waals surface area contributed by atoms with Gasteiger partial charge in [0, 0.05) is 24.9 Å². The third kappa shape index (κ3) is 3.26. The number of nitrogens with one attached hydrogen (secondary N) is 1. The monoisotopic (exact) mass is 333 g/mol. The third-order valence-electron chi connectivity index (χ3n) is 4.26. The Morgan fingerprint density at radius 1 is 1.17 bits per heavy atom. The Morgan fingerprint density at radius 3 is 2.58 bits per heavy atom. The first-order chi connectivity index (χ1) is 11.6. The molecule has 2 amide bonds. The van der Waals surface area contributed by atoms with Crippen molar-refractivity contribution in [2.75, 3.05) is 36.5 Å². The highest BCUT2D eigenvalue weighted by molar-refractivity contribution is 6.17. The second kappa shape index (κ2) is 7.00. The van der Waals surface area contributed by atoms with Crippen LogP contribution in [-0.4, -0.2) is 48.1 Å². The minimum Gasteiger partial charge on any atom is -0.395 e. The van der Waals surface area contributed by atoms with Crippen LogP contribution in [0.25, 0.3) is 0 Å². The summed E-state index contributed by atoms with van der Waals surface area (Å²) in [6, 6.07) is 4.72. The van der Waals surface area contributed by atoms with Gasteiger partial charge in [0.2, 0.25) is 0 Å². The highest BCUT2D eigenvalue weighted by Crippen LogP contribution is 2.27. The topological polar surface area (TPSA) is 72.9 Å². The number of piperidine rings is 1. The molecule has 0 saturated carbocycles. The van der Waals surface area contributed by atoms with E-state index in [4.69, 9.17) is 5.11 Å². The number of hydrogen-bond donors (Lipinski definition) is 2. The second-order valence-electron chi connectivity index (χ2n) is 5.92. The Hall–Kier alpha value is -2.41. The van der Waals surface area contributed by atoms with E-state index in [-0.39, 0.29) is 24.7 Å². The molecule has 128 valence electrons. The summed E-state index contributed by atoms with van der Waals surface area (Å²) in [7, 11) is 0. The Morgan fingerprint density at radius 2 is 1.92 bits per heavy atom. The van der Waals surface area contributed by atoms with Crippen LogP contribution in [0.1, 0.15) is 19.3 Å². The lowest BCUT2D eigenvalue weighted by Crippen LogP contribution is -2.34. The maximum atomic E-state index is 14.4. The van der Waals surface area contributed by atoms with E-state index >= 15 is 0 Å². The van der Waals surface area contributed by atoms with Gasteiger partial charge in [-0.3, -0.25) is 14.5 Å². The molecule has 0 atom stereocenters. The Balaban J connectivity index is 1.72. The normalized spacial score (nSPS) is 18.2. The van der Waals surface area contributed by atoms with Crippen molar-refractivity contribution in [2.24, 2.45) is 0 Å². The Labute approximate surface area is 139 Å². The fourth-order valence-electron chi connectivity index (χ4n) is 3.04. The number of aliphatic hydroxyl groups excluding tert-OH is 1. The number of carbonyl (C=O) groups excluding carboxylic acids is 2. The van der Waals surface area contributed by atoms with Crippen LogP contribution in [0.3, 0.4) is 0 Å². The van der Waals surface area contributed by atoms with Crippen molar-refractivity contribution in [1.29, 1.82) is 0 Å². The zero-order chi connectivity index (χ0) is 17.1. The third-order valence-corrected chi connectivity index (χ3v) is 4.26. The molecule has 7 heteroatoms. The van der Waals surface area contributed by atoms with Crippen LogP contribution in [0.15, 0.2) is 30.0 Å². The van der Waals surface area contributed by atoms with Gasteiger partial charge in [0.05, 0.1) is 18.8 Å². The van der Waals surface area contributed by atoms with E-state index in [2.05, 4.69) is 5.32 Å². The minimum atomic E-state index is -0.519. The number of amides is 2. The van der Waals surface area contributed by atoms with E-state index in [9.17, 15) is 14.0 Å². The van der Waals surface area contributed by atoms with E-state index in [1.807, 2.05) is 4.90 Å². The highest BCUT2D eigenvalue weighted by Gasteiger charge is 2.30. The van der Waals surface area contributed by atoms with Gasteiger partial charge >= 0.3 is 0 Å². The lowest BCUT2D eigenvalue weighted by Gasteiger charge is -2.29. The number of anilines is 2. The molecule has 1 fully saturated rings. The average Bonchev–Trinajstić information content (AvgIpc) is 2.84. The fraction of sp³-hybridized carbons (Fsp3) is 0.412. The largest absolute Gasteiger partial charge is 0.395 e. The number of hydrogen-bond acceptors (Lipinski definition) is 5. The summed E-state index contributed by atoms with van der Waals surface area (Å²) in [5.74, 6) is -1.36. The number of aliphatic hydroxyl groups is 1. The molecule has 3 rings (SSSR count). The predicted octanol–water partition coefficient (Wildman–Crippen LogP) is 1.47. The van der Waals surface area contributed by atoms with E-state index in [1.165, 1.54) is 12.5 Å². The summed E-state index contributed by atoms with van der Waals surface area (Å²) in [6.45, 7) is 1.34. The van der Waals surface area contributed by atoms with Crippen molar-refractivity contribution in [2.45, 2.75) is 19.3 Å². The van der Waals surface area contributed by atoms with Gasteiger partial charge in [-0.25, -0.2) is 4.39 Å². The lowest BCUT2D eigenvalue weighted by atomic mass is 10.1. The summed E-state index contributed by atoms with van der Waals surface area (Å²) >= 11 is 0. The summed E-state index contributed by atoms with van der Waals surface area (Å²) in [5.41, 5.74) is 1.05. The van der Waals surface area contributed by atoms with E-state index in [0.29, 0.717) is 11.4 Å². The number of imide groups is 1. The summed E-state index contributed by atoms with van der Waals surface area (Å²) in [5, 5.41) is 11.7. The smallest absolute Gasteiger partial charge is 0.277 e. The van der Waals surface area contributed by atoms with E-state index in [0.717, 1.165) is 36.9 Å². The van der Waals surface area contributed by atoms with Crippen LogP contribution < -0.4 is 10.2 Å². The Bertz CT molecular complexity index is 684. The molecule has 6 nitrogen and oxygen atoms in total. The molecule has 1 saturated heterocycles. The number of nitrogens with zero attached hydrogens (tertiary/aromatic N) is 2. The number of halogens is 1. The van der Waals surface area contributed by atoms with E-state index < -0.39 is 11.8 Å². The zero-order valence-electron chi connectivity index (χ0n) is 13.3. The zero-order valence-corrected chi connectivity index (χ0v) is 13.3. The summed E-state index contributed by atoms with van der Waals surface area (Å²) < 4.78 is 14.4. The second-order valence-corrected chi connectivity index (χ2v) is 5.92. The first-order valence-corrected chi connectivity index (χ1v) is 8.10. The molecule has 0 aromatic heterocycles. The molecule has 1 aromatic carbocycles. The molecule has 2 heterocycles. The standard InChI is InChI=1S/C17H20FN3O3/c18-13-10-12(4-5-15(13)20-6-2-1-3-7-20)19-14-11-16(23)21(8-9-22)17(14)24/h4-5,10-11,19,22H,1-3,6-9H2. The van der Waals surface area contributed by atoms with E-state index in [1.54, 1.807) is 12.1 Å². The van der Waals surface area contributed by atoms with Crippen molar-refractivity contribution in [1.82, 2.24) is 4.90 Å². The number of rotatable bonds is 5. The van der Waals surface area contributed by atoms with Crippen LogP contribution in [-0.2, 0) is 9.59 Å². The van der Waals surface area contributed by atoms with Crippen molar-refractivity contribution in [3.63, 3.8) is 0 Å². The molecule has 2 aliphatic rings. The Kier molecular flexibility index (Phi) is 4.80. The maximum absolute atomic E-state index is 14.4. The van der Waals surface area contributed by atoms with Gasteiger partial charge in [-0.1, -0.05) is 0 Å². The van der Waals surface area contributed by atoms with Crippen LogP contribution >= 0.6 is 0 Å². The van der Waals surface area contributed by atoms with Crippen LogP contribution in [0.5, 0.6) is 0 Å². The van der Waals surface area contributed by atoms with Crippen LogP contribution in [0, 0.1) is 5.82 Å². The summed E-state index contributed by atoms with van der Waals surface area (Å²) in [6.07, 6.45) is 4.45. The maximum Gasteiger partial charge on any atom is 0.277 e. The molecule has 0 spiro atoms. The fourth-order valence-corrected chi connectivity index (χ4v) is 3.04. The van der Waals surface area contributed by atoms with Gasteiger partial charge in [-0.2, -0.15) is 0 Å². The molecule has 0 aliphatic carbocycles. The first kappa shape index (κ1) is 16.4. The molecule has 0 radical (unpaired) electrons. The van der Waals surface area contributed by atoms with Gasteiger partial charge in [-0.05, 0) is 37.5 Å². The number of benzene rings is 1. The summed E-state index contributed by atoms with van der Waals surface area (Å²) in [4.78, 5) is 26.7. The SMILES string of the molecule is O=C1C=C(Nc2ccc(N3CCCCC3)c(F)c2)C(=O)N1CCO. The van der Waals surface area contributed by atoms with Gasteiger partial charge in [0.1, 0.15) is 11.5 Å². The van der Waals surface area contributed by atoms with Crippen LogP contribution in [0.4, 0.5) is 15.8 Å². The highest BCUT2D eigenvalue weighted by atomic mass is 19.1.